The number of aryl methyl sites for hydroxylation is 1. The first kappa shape index (κ1) is 29.8. The number of aromatic hydroxyl groups is 1. The molecule has 0 radical (unpaired) electrons. The molecule has 0 aliphatic heterocycles. The predicted octanol–water partition coefficient (Wildman–Crippen LogP) is 5.40. The Balaban J connectivity index is 2.02. The van der Waals surface area contributed by atoms with Crippen LogP contribution >= 0.6 is 11.6 Å². The number of anilines is 1. The Morgan fingerprint density at radius 3 is 2.32 bits per heavy atom. The molecule has 0 unspecified atom stereocenters. The minimum Gasteiger partial charge on any atom is -0.507 e. The summed E-state index contributed by atoms with van der Waals surface area (Å²) in [6, 6.07) is 5.63. The second kappa shape index (κ2) is 13.2. The quantitative estimate of drug-likeness (QED) is 0.168. The van der Waals surface area contributed by atoms with Crippen molar-refractivity contribution < 1.29 is 46.9 Å². The van der Waals surface area contributed by atoms with Crippen molar-refractivity contribution in [2.24, 2.45) is 0 Å². The molecule has 0 spiro atoms. The van der Waals surface area contributed by atoms with Gasteiger partial charge in [-0.2, -0.15) is 13.2 Å². The molecule has 2 rings (SSSR count). The number of nitrogens with one attached hydrogen (secondary N) is 1. The summed E-state index contributed by atoms with van der Waals surface area (Å²) in [4.78, 5) is 35.1. The number of ether oxygens (including phenoxy) is 3. The normalized spacial score (nSPS) is 11.1. The van der Waals surface area contributed by atoms with Crippen molar-refractivity contribution >= 4 is 34.9 Å². The Labute approximate surface area is 216 Å². The Morgan fingerprint density at radius 1 is 1.08 bits per heavy atom. The second-order valence-electron chi connectivity index (χ2n) is 7.93. The zero-order valence-corrected chi connectivity index (χ0v) is 21.2. The molecule has 2 N–H and O–H groups in total. The molecule has 37 heavy (non-hydrogen) atoms. The predicted molar refractivity (Wildman–Crippen MR) is 130 cm³/mol. The number of Topliss-reactive ketones (excluding diaryl/α,β-unsaturated/α-hetero) is 1. The fourth-order valence-corrected chi connectivity index (χ4v) is 3.51. The molecule has 0 saturated carbocycles. The molecule has 1 amide bonds. The molecule has 12 heteroatoms. The lowest BCUT2D eigenvalue weighted by Gasteiger charge is -2.16. The number of rotatable bonds is 11. The lowest BCUT2D eigenvalue weighted by atomic mass is 10.0. The van der Waals surface area contributed by atoms with Gasteiger partial charge in [-0.15, -0.1) is 0 Å². The number of ketones is 1. The third-order valence-corrected chi connectivity index (χ3v) is 5.36. The summed E-state index contributed by atoms with van der Waals surface area (Å²) >= 11 is 6.20. The highest BCUT2D eigenvalue weighted by atomic mass is 35.5. The van der Waals surface area contributed by atoms with E-state index in [0.29, 0.717) is 11.3 Å². The van der Waals surface area contributed by atoms with Gasteiger partial charge in [0.25, 0.3) is 0 Å². The van der Waals surface area contributed by atoms with Gasteiger partial charge in [-0.3, -0.25) is 9.59 Å². The molecule has 0 saturated heterocycles. The van der Waals surface area contributed by atoms with Crippen molar-refractivity contribution in [2.75, 3.05) is 25.1 Å². The second-order valence-corrected chi connectivity index (χ2v) is 8.34. The molecule has 0 aliphatic rings. The summed E-state index contributed by atoms with van der Waals surface area (Å²) in [5.74, 6) is -2.75. The SMILES string of the molecule is CCOC(=O)C(=O)Nc1cc(OCCCOc2ccc(C(C)=O)c(O)c2CCC(F)(F)F)c(Cl)cc1C. The molecule has 0 aromatic heterocycles. The van der Waals surface area contributed by atoms with E-state index in [0.717, 1.165) is 0 Å². The van der Waals surface area contributed by atoms with Gasteiger partial charge in [-0.25, -0.2) is 4.79 Å². The van der Waals surface area contributed by atoms with Crippen molar-refractivity contribution in [3.63, 3.8) is 0 Å². The van der Waals surface area contributed by atoms with Crippen LogP contribution in [0, 0.1) is 6.92 Å². The molecule has 0 heterocycles. The summed E-state index contributed by atoms with van der Waals surface area (Å²) in [6.07, 6.45) is -5.92. The number of esters is 1. The zero-order chi connectivity index (χ0) is 27.8. The molecule has 202 valence electrons. The summed E-state index contributed by atoms with van der Waals surface area (Å²) in [6.45, 7) is 4.60. The van der Waals surface area contributed by atoms with Gasteiger partial charge in [0.1, 0.15) is 17.2 Å². The first-order valence-corrected chi connectivity index (χ1v) is 11.7. The maximum absolute atomic E-state index is 12.7. The Morgan fingerprint density at radius 2 is 1.73 bits per heavy atom. The van der Waals surface area contributed by atoms with Crippen molar-refractivity contribution in [1.82, 2.24) is 0 Å². The summed E-state index contributed by atoms with van der Waals surface area (Å²) in [5, 5.41) is 13.0. The Bertz CT molecular complexity index is 1150. The monoisotopic (exact) mass is 545 g/mol. The molecular weight excluding hydrogens is 519 g/mol. The first-order valence-electron chi connectivity index (χ1n) is 11.3. The van der Waals surface area contributed by atoms with Gasteiger partial charge in [-0.1, -0.05) is 11.6 Å². The largest absolute Gasteiger partial charge is 0.507 e. The minimum absolute atomic E-state index is 0.0216. The topological polar surface area (TPSA) is 111 Å². The molecule has 2 aromatic rings. The number of phenols is 1. The van der Waals surface area contributed by atoms with Crippen molar-refractivity contribution in [3.05, 3.63) is 46.0 Å². The van der Waals surface area contributed by atoms with E-state index < -0.39 is 42.4 Å². The van der Waals surface area contributed by atoms with E-state index in [1.54, 1.807) is 19.9 Å². The summed E-state index contributed by atoms with van der Waals surface area (Å²) in [7, 11) is 0. The summed E-state index contributed by atoms with van der Waals surface area (Å²) < 4.78 is 54.1. The fourth-order valence-electron chi connectivity index (χ4n) is 3.24. The number of amides is 1. The van der Waals surface area contributed by atoms with Crippen LogP contribution in [0.3, 0.4) is 0 Å². The van der Waals surface area contributed by atoms with Crippen LogP contribution in [0.1, 0.15) is 48.2 Å². The van der Waals surface area contributed by atoms with Crippen LogP contribution in [0.4, 0.5) is 18.9 Å². The number of alkyl halides is 3. The highest BCUT2D eigenvalue weighted by Crippen LogP contribution is 2.35. The molecular formula is C25H27ClF3NO7. The van der Waals surface area contributed by atoms with Crippen LogP contribution in [-0.2, 0) is 20.7 Å². The van der Waals surface area contributed by atoms with Crippen LogP contribution < -0.4 is 14.8 Å². The van der Waals surface area contributed by atoms with E-state index in [4.69, 9.17) is 21.1 Å². The zero-order valence-electron chi connectivity index (χ0n) is 20.5. The van der Waals surface area contributed by atoms with Crippen molar-refractivity contribution in [3.8, 4) is 17.2 Å². The number of hydrogen-bond donors (Lipinski definition) is 2. The molecule has 0 fully saturated rings. The standard InChI is InChI=1S/C25H27ClF3NO7/c1-4-35-24(34)23(33)30-19-13-21(18(26)12-14(19)2)37-11-5-10-36-20-7-6-16(15(3)31)22(32)17(20)8-9-25(27,28)29/h6-7,12-13,32H,4-5,8-11H2,1-3H3,(H,30,33). The number of halogens is 4. The fraction of sp³-hybridized carbons (Fsp3) is 0.400. The Kier molecular flexibility index (Phi) is 10.6. The average molecular weight is 546 g/mol. The smallest absolute Gasteiger partial charge is 0.397 e. The van der Waals surface area contributed by atoms with E-state index in [-0.39, 0.29) is 53.9 Å². The van der Waals surface area contributed by atoms with Crippen LogP contribution in [0.5, 0.6) is 17.2 Å². The third kappa shape index (κ3) is 8.85. The highest BCUT2D eigenvalue weighted by Gasteiger charge is 2.29. The van der Waals surface area contributed by atoms with E-state index in [9.17, 15) is 32.7 Å². The third-order valence-electron chi connectivity index (χ3n) is 5.07. The number of phenolic OH excluding ortho intramolecular Hbond substituents is 1. The van der Waals surface area contributed by atoms with Gasteiger partial charge in [0, 0.05) is 30.2 Å². The van der Waals surface area contributed by atoms with E-state index in [1.165, 1.54) is 25.1 Å². The number of carbonyl (C=O) groups excluding carboxylic acids is 3. The Hall–Kier alpha value is -3.47. The van der Waals surface area contributed by atoms with Gasteiger partial charge < -0.3 is 24.6 Å². The molecule has 8 nitrogen and oxygen atoms in total. The molecule has 2 aromatic carbocycles. The number of benzene rings is 2. The molecule has 0 atom stereocenters. The minimum atomic E-state index is -4.45. The van der Waals surface area contributed by atoms with Crippen LogP contribution in [0.2, 0.25) is 5.02 Å². The van der Waals surface area contributed by atoms with Crippen LogP contribution in [0.25, 0.3) is 0 Å². The van der Waals surface area contributed by atoms with Gasteiger partial charge in [-0.05, 0) is 51.0 Å². The van der Waals surface area contributed by atoms with Crippen molar-refractivity contribution in [2.45, 2.75) is 46.2 Å². The number of hydrogen-bond acceptors (Lipinski definition) is 7. The van der Waals surface area contributed by atoms with Gasteiger partial charge in [0.15, 0.2) is 5.78 Å². The highest BCUT2D eigenvalue weighted by molar-refractivity contribution is 6.37. The molecule has 0 aliphatic carbocycles. The van der Waals surface area contributed by atoms with Crippen LogP contribution in [-0.4, -0.2) is 48.8 Å². The lowest BCUT2D eigenvalue weighted by Crippen LogP contribution is -2.25. The van der Waals surface area contributed by atoms with E-state index in [2.05, 4.69) is 10.1 Å². The molecule has 0 bridgehead atoms. The first-order chi connectivity index (χ1) is 17.3. The van der Waals surface area contributed by atoms with Gasteiger partial charge in [0.2, 0.25) is 0 Å². The number of carbonyl (C=O) groups is 3. The van der Waals surface area contributed by atoms with Gasteiger partial charge in [0.05, 0.1) is 30.4 Å². The van der Waals surface area contributed by atoms with Crippen LogP contribution in [0.15, 0.2) is 24.3 Å². The summed E-state index contributed by atoms with van der Waals surface area (Å²) in [5.41, 5.74) is 0.685. The maximum Gasteiger partial charge on any atom is 0.397 e. The average Bonchev–Trinajstić information content (AvgIpc) is 2.80. The van der Waals surface area contributed by atoms with Gasteiger partial charge >= 0.3 is 18.1 Å². The maximum atomic E-state index is 12.7. The lowest BCUT2D eigenvalue weighted by molar-refractivity contribution is -0.152. The van der Waals surface area contributed by atoms with E-state index in [1.807, 2.05) is 0 Å². The van der Waals surface area contributed by atoms with Crippen molar-refractivity contribution in [1.29, 1.82) is 0 Å². The van der Waals surface area contributed by atoms with E-state index >= 15 is 0 Å².